The largest absolute Gasteiger partial charge is 0.497 e. The highest BCUT2D eigenvalue weighted by atomic mass is 16.5. The van der Waals surface area contributed by atoms with Crippen molar-refractivity contribution in [3.8, 4) is 23.3 Å². The average Bonchev–Trinajstić information content (AvgIpc) is 2.47. The van der Waals surface area contributed by atoms with E-state index < -0.39 is 0 Å². The van der Waals surface area contributed by atoms with E-state index in [0.717, 1.165) is 17.1 Å². The van der Waals surface area contributed by atoms with Gasteiger partial charge in [0.1, 0.15) is 23.3 Å². The molecule has 2 aromatic carbocycles. The number of hydrogen-bond donors (Lipinski definition) is 0. The fourth-order valence-electron chi connectivity index (χ4n) is 2.08. The summed E-state index contributed by atoms with van der Waals surface area (Å²) < 4.78 is 11.3. The number of hydrogen-bond acceptors (Lipinski definition) is 3. The van der Waals surface area contributed by atoms with Crippen LogP contribution in [0.25, 0.3) is 0 Å². The first-order valence-electron chi connectivity index (χ1n) is 6.81. The minimum atomic E-state index is -0.0918. The lowest BCUT2D eigenvalue weighted by atomic mass is 9.86. The van der Waals surface area contributed by atoms with Crippen molar-refractivity contribution >= 4 is 0 Å². The van der Waals surface area contributed by atoms with Crippen LogP contribution in [0.3, 0.4) is 0 Å². The molecule has 108 valence electrons. The molecule has 3 heteroatoms. The Kier molecular flexibility index (Phi) is 4.18. The van der Waals surface area contributed by atoms with Crippen LogP contribution in [0.5, 0.6) is 17.2 Å². The summed E-state index contributed by atoms with van der Waals surface area (Å²) in [6, 6.07) is 15.1. The van der Waals surface area contributed by atoms with Crippen LogP contribution < -0.4 is 9.47 Å². The lowest BCUT2D eigenvalue weighted by Gasteiger charge is -2.23. The number of benzene rings is 2. The fourth-order valence-corrected chi connectivity index (χ4v) is 2.08. The fraction of sp³-hybridized carbons (Fsp3) is 0.278. The molecule has 0 amide bonds. The monoisotopic (exact) mass is 281 g/mol. The SMILES string of the molecule is COc1ccc(Oc2ccccc2C#N)c(C(C)(C)C)c1. The number of rotatable bonds is 3. The zero-order chi connectivity index (χ0) is 15.5. The quantitative estimate of drug-likeness (QED) is 0.822. The third-order valence-electron chi connectivity index (χ3n) is 3.22. The normalized spacial score (nSPS) is 10.8. The van der Waals surface area contributed by atoms with Crippen molar-refractivity contribution in [3.05, 3.63) is 53.6 Å². The predicted molar refractivity (Wildman–Crippen MR) is 82.9 cm³/mol. The smallest absolute Gasteiger partial charge is 0.145 e. The molecule has 0 spiro atoms. The van der Waals surface area contributed by atoms with Gasteiger partial charge in [-0.1, -0.05) is 32.9 Å². The first kappa shape index (κ1) is 14.9. The van der Waals surface area contributed by atoms with Gasteiger partial charge in [0, 0.05) is 5.56 Å². The summed E-state index contributed by atoms with van der Waals surface area (Å²) in [5, 5.41) is 9.16. The van der Waals surface area contributed by atoms with Crippen LogP contribution in [0.4, 0.5) is 0 Å². The Bertz CT molecular complexity index is 678. The van der Waals surface area contributed by atoms with Crippen molar-refractivity contribution in [2.75, 3.05) is 7.11 Å². The van der Waals surface area contributed by atoms with Crippen molar-refractivity contribution in [2.45, 2.75) is 26.2 Å². The molecule has 21 heavy (non-hydrogen) atoms. The summed E-state index contributed by atoms with van der Waals surface area (Å²) in [4.78, 5) is 0. The zero-order valence-electron chi connectivity index (χ0n) is 12.8. The van der Waals surface area contributed by atoms with E-state index >= 15 is 0 Å². The van der Waals surface area contributed by atoms with Gasteiger partial charge in [-0.15, -0.1) is 0 Å². The van der Waals surface area contributed by atoms with Crippen molar-refractivity contribution in [3.63, 3.8) is 0 Å². The Morgan fingerprint density at radius 1 is 1.00 bits per heavy atom. The first-order chi connectivity index (χ1) is 9.95. The minimum Gasteiger partial charge on any atom is -0.497 e. The molecule has 0 saturated heterocycles. The molecule has 0 atom stereocenters. The molecule has 0 aliphatic heterocycles. The average molecular weight is 281 g/mol. The van der Waals surface area contributed by atoms with E-state index in [0.29, 0.717) is 11.3 Å². The van der Waals surface area contributed by atoms with E-state index in [2.05, 4.69) is 26.8 Å². The van der Waals surface area contributed by atoms with Crippen LogP contribution in [0.1, 0.15) is 31.9 Å². The molecule has 0 bridgehead atoms. The summed E-state index contributed by atoms with van der Waals surface area (Å²) in [5.41, 5.74) is 1.47. The number of ether oxygens (including phenoxy) is 2. The van der Waals surface area contributed by atoms with Crippen LogP contribution in [0.15, 0.2) is 42.5 Å². The molecule has 3 nitrogen and oxygen atoms in total. The van der Waals surface area contributed by atoms with Gasteiger partial charge in [-0.3, -0.25) is 0 Å². The van der Waals surface area contributed by atoms with Crippen molar-refractivity contribution in [1.82, 2.24) is 0 Å². The van der Waals surface area contributed by atoms with Gasteiger partial charge < -0.3 is 9.47 Å². The Morgan fingerprint density at radius 2 is 1.71 bits per heavy atom. The molecular formula is C18H19NO2. The number of methoxy groups -OCH3 is 1. The topological polar surface area (TPSA) is 42.2 Å². The lowest BCUT2D eigenvalue weighted by molar-refractivity contribution is 0.407. The molecule has 0 aliphatic carbocycles. The van der Waals surface area contributed by atoms with Gasteiger partial charge in [0.15, 0.2) is 0 Å². The Hall–Kier alpha value is -2.47. The second-order valence-electron chi connectivity index (χ2n) is 5.82. The third kappa shape index (κ3) is 3.35. The van der Waals surface area contributed by atoms with Gasteiger partial charge in [0.25, 0.3) is 0 Å². The highest BCUT2D eigenvalue weighted by Crippen LogP contribution is 2.37. The van der Waals surface area contributed by atoms with E-state index in [1.165, 1.54) is 0 Å². The van der Waals surface area contributed by atoms with Crippen LogP contribution >= 0.6 is 0 Å². The van der Waals surface area contributed by atoms with Gasteiger partial charge in [0.05, 0.1) is 12.7 Å². The summed E-state index contributed by atoms with van der Waals surface area (Å²) in [5.74, 6) is 2.10. The predicted octanol–water partition coefficient (Wildman–Crippen LogP) is 4.66. The molecule has 0 saturated carbocycles. The Balaban J connectivity index is 2.47. The van der Waals surface area contributed by atoms with Crippen molar-refractivity contribution < 1.29 is 9.47 Å². The second-order valence-corrected chi connectivity index (χ2v) is 5.82. The Morgan fingerprint density at radius 3 is 2.33 bits per heavy atom. The van der Waals surface area contributed by atoms with Gasteiger partial charge in [0.2, 0.25) is 0 Å². The summed E-state index contributed by atoms with van der Waals surface area (Å²) >= 11 is 0. The number of nitrogens with zero attached hydrogens (tertiary/aromatic N) is 1. The van der Waals surface area contributed by atoms with E-state index in [1.54, 1.807) is 19.2 Å². The molecule has 0 heterocycles. The van der Waals surface area contributed by atoms with Gasteiger partial charge in [-0.05, 0) is 35.7 Å². The summed E-state index contributed by atoms with van der Waals surface area (Å²) in [7, 11) is 1.65. The van der Waals surface area contributed by atoms with Crippen LogP contribution in [0.2, 0.25) is 0 Å². The van der Waals surface area contributed by atoms with Gasteiger partial charge in [-0.2, -0.15) is 5.26 Å². The van der Waals surface area contributed by atoms with E-state index in [9.17, 15) is 0 Å². The molecular weight excluding hydrogens is 262 g/mol. The molecule has 0 N–H and O–H groups in total. The highest BCUT2D eigenvalue weighted by Gasteiger charge is 2.21. The van der Waals surface area contributed by atoms with Gasteiger partial charge in [-0.25, -0.2) is 0 Å². The molecule has 0 aromatic heterocycles. The molecule has 2 aromatic rings. The third-order valence-corrected chi connectivity index (χ3v) is 3.22. The minimum absolute atomic E-state index is 0.0918. The maximum absolute atomic E-state index is 9.16. The Labute approximate surface area is 125 Å². The van der Waals surface area contributed by atoms with Crippen molar-refractivity contribution in [2.24, 2.45) is 0 Å². The molecule has 2 rings (SSSR count). The van der Waals surface area contributed by atoms with Gasteiger partial charge >= 0.3 is 0 Å². The standard InChI is InChI=1S/C18H19NO2/c1-18(2,3)15-11-14(20-4)9-10-17(15)21-16-8-6-5-7-13(16)12-19/h5-11H,1-4H3. The van der Waals surface area contributed by atoms with Crippen LogP contribution in [-0.2, 0) is 5.41 Å². The van der Waals surface area contributed by atoms with E-state index in [-0.39, 0.29) is 5.41 Å². The molecule has 0 unspecified atom stereocenters. The summed E-state index contributed by atoms with van der Waals surface area (Å²) in [6.07, 6.45) is 0. The molecule has 0 radical (unpaired) electrons. The van der Waals surface area contributed by atoms with Crippen LogP contribution in [-0.4, -0.2) is 7.11 Å². The molecule has 0 fully saturated rings. The lowest BCUT2D eigenvalue weighted by Crippen LogP contribution is -2.13. The highest BCUT2D eigenvalue weighted by molar-refractivity contribution is 5.49. The summed E-state index contributed by atoms with van der Waals surface area (Å²) in [6.45, 7) is 6.35. The zero-order valence-corrected chi connectivity index (χ0v) is 12.8. The number of nitriles is 1. The maximum Gasteiger partial charge on any atom is 0.145 e. The van der Waals surface area contributed by atoms with E-state index in [1.807, 2.05) is 30.3 Å². The van der Waals surface area contributed by atoms with Crippen LogP contribution in [0, 0.1) is 11.3 Å². The number of para-hydroxylation sites is 1. The second kappa shape index (κ2) is 5.88. The molecule has 0 aliphatic rings. The maximum atomic E-state index is 9.16. The van der Waals surface area contributed by atoms with Crippen molar-refractivity contribution in [1.29, 1.82) is 5.26 Å². The van der Waals surface area contributed by atoms with E-state index in [4.69, 9.17) is 14.7 Å². The first-order valence-corrected chi connectivity index (χ1v) is 6.81.